The summed E-state index contributed by atoms with van der Waals surface area (Å²) >= 11 is 3.31. The first-order chi connectivity index (χ1) is 9.84. The molecule has 0 heterocycles. The number of carbonyl (C=O) groups is 1. The average Bonchev–Trinajstić information content (AvgIpc) is 2.41. The molecule has 0 atom stereocenters. The Morgan fingerprint density at radius 2 is 1.29 bits per heavy atom. The lowest BCUT2D eigenvalue weighted by Crippen LogP contribution is -2.08. The zero-order chi connectivity index (χ0) is 15.5. The Morgan fingerprint density at radius 1 is 0.857 bits per heavy atom. The Labute approximate surface area is 128 Å². The Balaban J connectivity index is 1.98. The minimum absolute atomic E-state index is 0.0305. The first kappa shape index (κ1) is 15.8. The number of ketones is 1. The second-order valence-corrected chi connectivity index (χ2v) is 5.63. The maximum atomic E-state index is 12.4. The zero-order valence-corrected chi connectivity index (χ0v) is 12.5. The Hall–Kier alpha value is -1.62. The van der Waals surface area contributed by atoms with Gasteiger partial charge >= 0.3 is 6.18 Å². The van der Waals surface area contributed by atoms with Gasteiger partial charge in [0.25, 0.3) is 0 Å². The van der Waals surface area contributed by atoms with Gasteiger partial charge in [-0.15, -0.1) is 0 Å². The molecule has 0 aliphatic rings. The van der Waals surface area contributed by atoms with E-state index in [0.717, 1.165) is 22.2 Å². The van der Waals surface area contributed by atoms with E-state index in [0.29, 0.717) is 5.56 Å². The van der Waals surface area contributed by atoms with Crippen LogP contribution in [0.4, 0.5) is 13.2 Å². The van der Waals surface area contributed by atoms with Crippen LogP contribution in [0.5, 0.6) is 0 Å². The third-order valence-corrected chi connectivity index (χ3v) is 3.53. The van der Waals surface area contributed by atoms with E-state index in [1.165, 1.54) is 12.1 Å². The Kier molecular flexibility index (Phi) is 4.83. The van der Waals surface area contributed by atoms with Gasteiger partial charge in [0.2, 0.25) is 0 Å². The summed E-state index contributed by atoms with van der Waals surface area (Å²) in [5, 5.41) is 0. The zero-order valence-electron chi connectivity index (χ0n) is 11.0. The molecule has 21 heavy (non-hydrogen) atoms. The van der Waals surface area contributed by atoms with Gasteiger partial charge in [-0.05, 0) is 35.4 Å². The van der Waals surface area contributed by atoms with Crippen molar-refractivity contribution in [1.82, 2.24) is 0 Å². The van der Waals surface area contributed by atoms with Crippen LogP contribution in [0.1, 0.15) is 16.7 Å². The predicted molar refractivity (Wildman–Crippen MR) is 78.0 cm³/mol. The molecule has 2 rings (SSSR count). The second-order valence-electron chi connectivity index (χ2n) is 4.71. The highest BCUT2D eigenvalue weighted by atomic mass is 79.9. The molecule has 0 radical (unpaired) electrons. The fourth-order valence-electron chi connectivity index (χ4n) is 1.93. The van der Waals surface area contributed by atoms with Crippen molar-refractivity contribution in [1.29, 1.82) is 0 Å². The van der Waals surface area contributed by atoms with Crippen LogP contribution < -0.4 is 0 Å². The van der Waals surface area contributed by atoms with Gasteiger partial charge in [0.05, 0.1) is 5.56 Å². The van der Waals surface area contributed by atoms with Crippen molar-refractivity contribution in [2.24, 2.45) is 0 Å². The van der Waals surface area contributed by atoms with Crippen LogP contribution in [0.25, 0.3) is 0 Å². The van der Waals surface area contributed by atoms with Crippen LogP contribution in [-0.2, 0) is 23.8 Å². The molecule has 0 saturated heterocycles. The van der Waals surface area contributed by atoms with Gasteiger partial charge in [-0.25, -0.2) is 0 Å². The number of hydrogen-bond acceptors (Lipinski definition) is 1. The molecule has 0 amide bonds. The number of halogens is 4. The van der Waals surface area contributed by atoms with E-state index in [2.05, 4.69) is 15.9 Å². The van der Waals surface area contributed by atoms with E-state index in [1.807, 2.05) is 24.3 Å². The van der Waals surface area contributed by atoms with E-state index < -0.39 is 11.7 Å². The third kappa shape index (κ3) is 4.70. The lowest BCUT2D eigenvalue weighted by atomic mass is 10.0. The summed E-state index contributed by atoms with van der Waals surface area (Å²) in [5.41, 5.74) is 0.770. The molecule has 2 aromatic carbocycles. The summed E-state index contributed by atoms with van der Waals surface area (Å²) in [4.78, 5) is 11.9. The molecule has 0 N–H and O–H groups in total. The number of hydrogen-bond donors (Lipinski definition) is 0. The highest BCUT2D eigenvalue weighted by Gasteiger charge is 2.29. The van der Waals surface area contributed by atoms with Gasteiger partial charge in [0.1, 0.15) is 5.78 Å². The highest BCUT2D eigenvalue weighted by molar-refractivity contribution is 9.10. The largest absolute Gasteiger partial charge is 0.416 e. The lowest BCUT2D eigenvalue weighted by Gasteiger charge is -2.07. The minimum Gasteiger partial charge on any atom is -0.299 e. The number of carbonyl (C=O) groups excluding carboxylic acids is 1. The summed E-state index contributed by atoms with van der Waals surface area (Å²) in [6.07, 6.45) is -3.94. The molecule has 0 aliphatic heterocycles. The van der Waals surface area contributed by atoms with Gasteiger partial charge in [0, 0.05) is 17.3 Å². The van der Waals surface area contributed by atoms with E-state index in [9.17, 15) is 18.0 Å². The van der Waals surface area contributed by atoms with Gasteiger partial charge in [-0.2, -0.15) is 13.2 Å². The SMILES string of the molecule is O=C(Cc1ccc(Br)cc1)Cc1ccc(C(F)(F)F)cc1. The molecule has 0 aromatic heterocycles. The molecule has 0 unspecified atom stereocenters. The van der Waals surface area contributed by atoms with Crippen molar-refractivity contribution in [3.63, 3.8) is 0 Å². The molecule has 5 heteroatoms. The molecule has 0 bridgehead atoms. The molecular weight excluding hydrogens is 345 g/mol. The number of alkyl halides is 3. The van der Waals surface area contributed by atoms with Crippen LogP contribution in [-0.4, -0.2) is 5.78 Å². The van der Waals surface area contributed by atoms with Crippen LogP contribution >= 0.6 is 15.9 Å². The maximum Gasteiger partial charge on any atom is 0.416 e. The predicted octanol–water partition coefficient (Wildman–Crippen LogP) is 4.82. The lowest BCUT2D eigenvalue weighted by molar-refractivity contribution is -0.137. The first-order valence-corrected chi connectivity index (χ1v) is 7.06. The summed E-state index contributed by atoms with van der Waals surface area (Å²) in [5.74, 6) is -0.0305. The quantitative estimate of drug-likeness (QED) is 0.767. The van der Waals surface area contributed by atoms with Gasteiger partial charge in [-0.1, -0.05) is 40.2 Å². The van der Waals surface area contributed by atoms with Crippen LogP contribution in [0.3, 0.4) is 0 Å². The van der Waals surface area contributed by atoms with E-state index >= 15 is 0 Å². The number of rotatable bonds is 4. The van der Waals surface area contributed by atoms with Crippen molar-refractivity contribution < 1.29 is 18.0 Å². The first-order valence-electron chi connectivity index (χ1n) is 6.27. The minimum atomic E-state index is -4.35. The molecule has 2 aromatic rings. The summed E-state index contributed by atoms with van der Waals surface area (Å²) < 4.78 is 38.2. The summed E-state index contributed by atoms with van der Waals surface area (Å²) in [6, 6.07) is 12.1. The van der Waals surface area contributed by atoms with Crippen molar-refractivity contribution in [2.45, 2.75) is 19.0 Å². The molecule has 1 nitrogen and oxygen atoms in total. The van der Waals surface area contributed by atoms with E-state index in [-0.39, 0.29) is 18.6 Å². The van der Waals surface area contributed by atoms with Crippen LogP contribution in [0, 0.1) is 0 Å². The molecule has 0 spiro atoms. The molecular formula is C16H12BrF3O. The standard InChI is InChI=1S/C16H12BrF3O/c17-14-7-3-12(4-8-14)10-15(21)9-11-1-5-13(6-2-11)16(18,19)20/h1-8H,9-10H2. The van der Waals surface area contributed by atoms with Crippen LogP contribution in [0.2, 0.25) is 0 Å². The number of benzene rings is 2. The van der Waals surface area contributed by atoms with Crippen LogP contribution in [0.15, 0.2) is 53.0 Å². The molecule has 0 aliphatic carbocycles. The Bertz CT molecular complexity index is 615. The van der Waals surface area contributed by atoms with E-state index in [4.69, 9.17) is 0 Å². The second kappa shape index (κ2) is 6.43. The van der Waals surface area contributed by atoms with Gasteiger partial charge < -0.3 is 0 Å². The molecule has 0 saturated carbocycles. The third-order valence-electron chi connectivity index (χ3n) is 3.00. The topological polar surface area (TPSA) is 17.1 Å². The highest BCUT2D eigenvalue weighted by Crippen LogP contribution is 2.29. The molecule has 0 fully saturated rings. The fraction of sp³-hybridized carbons (Fsp3) is 0.188. The smallest absolute Gasteiger partial charge is 0.299 e. The normalized spacial score (nSPS) is 11.4. The maximum absolute atomic E-state index is 12.4. The fourth-order valence-corrected chi connectivity index (χ4v) is 2.20. The average molecular weight is 357 g/mol. The van der Waals surface area contributed by atoms with Gasteiger partial charge in [-0.3, -0.25) is 4.79 Å². The Morgan fingerprint density at radius 3 is 1.71 bits per heavy atom. The van der Waals surface area contributed by atoms with Crippen molar-refractivity contribution >= 4 is 21.7 Å². The summed E-state index contributed by atoms with van der Waals surface area (Å²) in [6.45, 7) is 0. The summed E-state index contributed by atoms with van der Waals surface area (Å²) in [7, 11) is 0. The monoisotopic (exact) mass is 356 g/mol. The number of Topliss-reactive ketones (excluding diaryl/α,β-unsaturated/α-hetero) is 1. The van der Waals surface area contributed by atoms with Crippen molar-refractivity contribution in [2.75, 3.05) is 0 Å². The molecule has 110 valence electrons. The van der Waals surface area contributed by atoms with Gasteiger partial charge in [0.15, 0.2) is 0 Å². The van der Waals surface area contributed by atoms with E-state index in [1.54, 1.807) is 0 Å². The van der Waals surface area contributed by atoms with Crippen molar-refractivity contribution in [3.05, 3.63) is 69.7 Å². The van der Waals surface area contributed by atoms with Crippen molar-refractivity contribution in [3.8, 4) is 0 Å².